The lowest BCUT2D eigenvalue weighted by Crippen LogP contribution is -2.08. The molecule has 0 spiro atoms. The molecule has 23 heavy (non-hydrogen) atoms. The van der Waals surface area contributed by atoms with Crippen LogP contribution in [0, 0.1) is 18.3 Å². The van der Waals surface area contributed by atoms with Crippen LogP contribution < -0.4 is 4.74 Å². The van der Waals surface area contributed by atoms with Gasteiger partial charge in [-0.3, -0.25) is 4.98 Å². The molecule has 1 aromatic heterocycles. The van der Waals surface area contributed by atoms with E-state index in [4.69, 9.17) is 10.00 Å². The van der Waals surface area contributed by atoms with Crippen LogP contribution in [0.5, 0.6) is 5.75 Å². The van der Waals surface area contributed by atoms with Crippen LogP contribution in [0.2, 0.25) is 0 Å². The van der Waals surface area contributed by atoms with E-state index >= 15 is 0 Å². The quantitative estimate of drug-likeness (QED) is 0.915. The number of carboxylic acids is 1. The van der Waals surface area contributed by atoms with E-state index in [9.17, 15) is 9.90 Å². The number of aryl methyl sites for hydroxylation is 1. The SMILES string of the molecule is Cc1nc(C2CC2)c(C(=O)O)cc1OCc1cccc(C#N)c1. The van der Waals surface area contributed by atoms with E-state index in [1.807, 2.05) is 13.0 Å². The van der Waals surface area contributed by atoms with Crippen LogP contribution in [-0.2, 0) is 6.61 Å². The van der Waals surface area contributed by atoms with Crippen LogP contribution in [0.1, 0.15) is 51.6 Å². The van der Waals surface area contributed by atoms with Crippen LogP contribution >= 0.6 is 0 Å². The molecule has 1 fully saturated rings. The monoisotopic (exact) mass is 308 g/mol. The van der Waals surface area contributed by atoms with Gasteiger partial charge in [0.1, 0.15) is 12.4 Å². The van der Waals surface area contributed by atoms with Crippen molar-refractivity contribution in [1.29, 1.82) is 5.26 Å². The van der Waals surface area contributed by atoms with Gasteiger partial charge in [0.25, 0.3) is 0 Å². The summed E-state index contributed by atoms with van der Waals surface area (Å²) in [5, 5.41) is 18.3. The molecule has 0 bridgehead atoms. The Morgan fingerprint density at radius 2 is 2.22 bits per heavy atom. The number of ether oxygens (including phenoxy) is 1. The lowest BCUT2D eigenvalue weighted by molar-refractivity contribution is 0.0694. The van der Waals surface area contributed by atoms with E-state index in [-0.39, 0.29) is 18.1 Å². The van der Waals surface area contributed by atoms with Crippen molar-refractivity contribution in [2.45, 2.75) is 32.3 Å². The molecular formula is C18H16N2O3. The maximum absolute atomic E-state index is 11.4. The summed E-state index contributed by atoms with van der Waals surface area (Å²) in [7, 11) is 0. The summed E-state index contributed by atoms with van der Waals surface area (Å²) < 4.78 is 5.73. The molecule has 2 aromatic rings. The number of nitrogens with zero attached hydrogens (tertiary/aromatic N) is 2. The molecule has 1 aliphatic rings. The second-order valence-electron chi connectivity index (χ2n) is 5.69. The molecule has 1 heterocycles. The first-order valence-corrected chi connectivity index (χ1v) is 7.45. The van der Waals surface area contributed by atoms with Gasteiger partial charge in [-0.1, -0.05) is 12.1 Å². The molecule has 3 rings (SSSR count). The molecular weight excluding hydrogens is 292 g/mol. The highest BCUT2D eigenvalue weighted by Crippen LogP contribution is 2.41. The number of pyridine rings is 1. The van der Waals surface area contributed by atoms with Crippen molar-refractivity contribution in [2.75, 3.05) is 0 Å². The Hall–Kier alpha value is -2.87. The normalized spacial score (nSPS) is 13.4. The summed E-state index contributed by atoms with van der Waals surface area (Å²) in [6.07, 6.45) is 1.99. The van der Waals surface area contributed by atoms with E-state index in [2.05, 4.69) is 11.1 Å². The molecule has 0 saturated heterocycles. The molecule has 0 unspecified atom stereocenters. The van der Waals surface area contributed by atoms with Crippen molar-refractivity contribution < 1.29 is 14.6 Å². The highest BCUT2D eigenvalue weighted by atomic mass is 16.5. The van der Waals surface area contributed by atoms with Crippen molar-refractivity contribution in [3.8, 4) is 11.8 Å². The molecule has 5 nitrogen and oxygen atoms in total. The van der Waals surface area contributed by atoms with Gasteiger partial charge in [-0.05, 0) is 43.5 Å². The van der Waals surface area contributed by atoms with Crippen LogP contribution in [0.15, 0.2) is 30.3 Å². The van der Waals surface area contributed by atoms with Gasteiger partial charge >= 0.3 is 5.97 Å². The maximum atomic E-state index is 11.4. The van der Waals surface area contributed by atoms with Gasteiger partial charge in [0, 0.05) is 5.92 Å². The minimum atomic E-state index is -0.976. The fourth-order valence-corrected chi connectivity index (χ4v) is 2.48. The average molecular weight is 308 g/mol. The highest BCUT2D eigenvalue weighted by molar-refractivity contribution is 5.89. The summed E-state index contributed by atoms with van der Waals surface area (Å²) in [6.45, 7) is 2.08. The summed E-state index contributed by atoms with van der Waals surface area (Å²) >= 11 is 0. The molecule has 1 saturated carbocycles. The lowest BCUT2D eigenvalue weighted by atomic mass is 10.1. The third kappa shape index (κ3) is 3.32. The lowest BCUT2D eigenvalue weighted by Gasteiger charge is -2.12. The molecule has 1 aliphatic carbocycles. The first kappa shape index (κ1) is 15.0. The third-order valence-electron chi connectivity index (χ3n) is 3.84. The van der Waals surface area contributed by atoms with Gasteiger partial charge < -0.3 is 9.84 Å². The molecule has 116 valence electrons. The maximum Gasteiger partial charge on any atom is 0.337 e. The minimum Gasteiger partial charge on any atom is -0.487 e. The number of carbonyl (C=O) groups is 1. The van der Waals surface area contributed by atoms with Gasteiger partial charge in [-0.25, -0.2) is 4.79 Å². The van der Waals surface area contributed by atoms with E-state index in [0.29, 0.717) is 22.7 Å². The number of aromatic carboxylic acids is 1. The first-order valence-electron chi connectivity index (χ1n) is 7.45. The Kier molecular flexibility index (Phi) is 3.98. The smallest absolute Gasteiger partial charge is 0.337 e. The Morgan fingerprint density at radius 3 is 2.87 bits per heavy atom. The van der Waals surface area contributed by atoms with Gasteiger partial charge in [-0.15, -0.1) is 0 Å². The van der Waals surface area contributed by atoms with Gasteiger partial charge in [0.15, 0.2) is 0 Å². The fourth-order valence-electron chi connectivity index (χ4n) is 2.48. The zero-order valence-electron chi connectivity index (χ0n) is 12.7. The molecule has 0 amide bonds. The standard InChI is InChI=1S/C18H16N2O3/c1-11-16(23-10-13-4-2-3-12(7-13)9-19)8-15(18(21)22)17(20-11)14-5-6-14/h2-4,7-8,14H,5-6,10H2,1H3,(H,21,22). The molecule has 0 aliphatic heterocycles. The second-order valence-corrected chi connectivity index (χ2v) is 5.69. The number of aromatic nitrogens is 1. The highest BCUT2D eigenvalue weighted by Gasteiger charge is 2.30. The number of hydrogen-bond acceptors (Lipinski definition) is 4. The average Bonchev–Trinajstić information content (AvgIpc) is 3.38. The number of nitriles is 1. The summed E-state index contributed by atoms with van der Waals surface area (Å²) in [6, 6.07) is 10.8. The predicted molar refractivity (Wildman–Crippen MR) is 83.4 cm³/mol. The first-order chi connectivity index (χ1) is 11.1. The second kappa shape index (κ2) is 6.09. The predicted octanol–water partition coefficient (Wildman–Crippen LogP) is 3.42. The largest absolute Gasteiger partial charge is 0.487 e. The van der Waals surface area contributed by atoms with Crippen molar-refractivity contribution in [2.24, 2.45) is 0 Å². The summed E-state index contributed by atoms with van der Waals surface area (Å²) in [5.74, 6) is -0.244. The van der Waals surface area contributed by atoms with E-state index in [1.165, 1.54) is 0 Å². The van der Waals surface area contributed by atoms with Crippen LogP contribution in [0.25, 0.3) is 0 Å². The van der Waals surface area contributed by atoms with Crippen LogP contribution in [0.4, 0.5) is 0 Å². The number of hydrogen-bond donors (Lipinski definition) is 1. The van der Waals surface area contributed by atoms with Crippen LogP contribution in [-0.4, -0.2) is 16.1 Å². The molecule has 1 N–H and O–H groups in total. The molecule has 5 heteroatoms. The van der Waals surface area contributed by atoms with Crippen molar-refractivity contribution in [3.63, 3.8) is 0 Å². The zero-order chi connectivity index (χ0) is 16.4. The summed E-state index contributed by atoms with van der Waals surface area (Å²) in [4.78, 5) is 15.9. The fraction of sp³-hybridized carbons (Fsp3) is 0.278. The summed E-state index contributed by atoms with van der Waals surface area (Å²) in [5.41, 5.74) is 2.99. The van der Waals surface area contributed by atoms with Crippen LogP contribution in [0.3, 0.4) is 0 Å². The van der Waals surface area contributed by atoms with Crippen molar-refractivity contribution >= 4 is 5.97 Å². The topological polar surface area (TPSA) is 83.2 Å². The number of carboxylic acid groups (broad SMARTS) is 1. The Morgan fingerprint density at radius 1 is 1.43 bits per heavy atom. The number of rotatable bonds is 5. The minimum absolute atomic E-state index is 0.221. The molecule has 0 atom stereocenters. The molecule has 0 radical (unpaired) electrons. The van der Waals surface area contributed by atoms with E-state index in [1.54, 1.807) is 24.3 Å². The van der Waals surface area contributed by atoms with Gasteiger partial charge in [0.05, 0.1) is 28.6 Å². The third-order valence-corrected chi connectivity index (χ3v) is 3.84. The Labute approximate surface area is 134 Å². The van der Waals surface area contributed by atoms with Crippen molar-refractivity contribution in [3.05, 3.63) is 58.4 Å². The number of benzene rings is 1. The van der Waals surface area contributed by atoms with E-state index < -0.39 is 5.97 Å². The van der Waals surface area contributed by atoms with Gasteiger partial charge in [0.2, 0.25) is 0 Å². The Balaban J connectivity index is 1.83. The Bertz CT molecular complexity index is 804. The van der Waals surface area contributed by atoms with Gasteiger partial charge in [-0.2, -0.15) is 5.26 Å². The molecule has 1 aromatic carbocycles. The van der Waals surface area contributed by atoms with Crippen molar-refractivity contribution in [1.82, 2.24) is 4.98 Å². The van der Waals surface area contributed by atoms with E-state index in [0.717, 1.165) is 18.4 Å². The zero-order valence-corrected chi connectivity index (χ0v) is 12.7.